The lowest BCUT2D eigenvalue weighted by Gasteiger charge is -2.12. The van der Waals surface area contributed by atoms with E-state index in [0.717, 1.165) is 22.0 Å². The third-order valence-corrected chi connectivity index (χ3v) is 3.95. The maximum Gasteiger partial charge on any atom is 0.252 e. The highest BCUT2D eigenvalue weighted by molar-refractivity contribution is 5.78. The Morgan fingerprint density at radius 1 is 1.13 bits per heavy atom. The van der Waals surface area contributed by atoms with E-state index < -0.39 is 6.10 Å². The highest BCUT2D eigenvalue weighted by Gasteiger charge is 2.08. The molecule has 0 aliphatic rings. The Bertz CT molecular complexity index is 853. The number of fused-ring (bicyclic) bond motifs is 1. The predicted octanol–water partition coefficient (Wildman–Crippen LogP) is 2.66. The van der Waals surface area contributed by atoms with E-state index in [4.69, 9.17) is 0 Å². The van der Waals surface area contributed by atoms with Gasteiger partial charge in [-0.1, -0.05) is 48.0 Å². The highest BCUT2D eigenvalue weighted by Crippen LogP contribution is 2.13. The number of pyridine rings is 1. The topological polar surface area (TPSA) is 65.1 Å². The molecule has 1 atom stereocenters. The van der Waals surface area contributed by atoms with Crippen LogP contribution in [0, 0.1) is 6.92 Å². The van der Waals surface area contributed by atoms with Crippen molar-refractivity contribution < 1.29 is 5.11 Å². The van der Waals surface area contributed by atoms with Gasteiger partial charge in [-0.15, -0.1) is 0 Å². The summed E-state index contributed by atoms with van der Waals surface area (Å²) in [6, 6.07) is 17.4. The van der Waals surface area contributed by atoms with Gasteiger partial charge in [0.05, 0.1) is 6.10 Å². The van der Waals surface area contributed by atoms with Crippen molar-refractivity contribution in [2.45, 2.75) is 19.6 Å². The first-order valence-corrected chi connectivity index (χ1v) is 7.70. The lowest BCUT2D eigenvalue weighted by Crippen LogP contribution is -2.25. The molecule has 3 aromatic rings. The van der Waals surface area contributed by atoms with Gasteiger partial charge >= 0.3 is 0 Å². The smallest absolute Gasteiger partial charge is 0.252 e. The third kappa shape index (κ3) is 3.67. The lowest BCUT2D eigenvalue weighted by molar-refractivity contribution is 0.174. The van der Waals surface area contributed by atoms with Crippen LogP contribution >= 0.6 is 0 Å². The lowest BCUT2D eigenvalue weighted by atomic mass is 10.1. The molecule has 0 aliphatic heterocycles. The van der Waals surface area contributed by atoms with Crippen LogP contribution in [-0.4, -0.2) is 16.6 Å². The van der Waals surface area contributed by atoms with Gasteiger partial charge in [-0.2, -0.15) is 0 Å². The van der Waals surface area contributed by atoms with Crippen molar-refractivity contribution >= 4 is 10.9 Å². The predicted molar refractivity (Wildman–Crippen MR) is 92.4 cm³/mol. The first-order chi connectivity index (χ1) is 11.1. The second kappa shape index (κ2) is 6.77. The Labute approximate surface area is 134 Å². The molecular formula is C19H20N2O2. The van der Waals surface area contributed by atoms with Crippen LogP contribution in [0.15, 0.2) is 59.4 Å². The number of nitrogens with one attached hydrogen (secondary N) is 2. The fourth-order valence-electron chi connectivity index (χ4n) is 2.57. The van der Waals surface area contributed by atoms with Crippen molar-refractivity contribution in [1.29, 1.82) is 0 Å². The molecule has 0 aliphatic carbocycles. The molecule has 2 aromatic carbocycles. The van der Waals surface area contributed by atoms with Crippen molar-refractivity contribution in [2.24, 2.45) is 0 Å². The molecule has 0 radical (unpaired) electrons. The maximum absolute atomic E-state index is 12.1. The fraction of sp³-hybridized carbons (Fsp3) is 0.211. The summed E-state index contributed by atoms with van der Waals surface area (Å²) in [5.74, 6) is 0. The van der Waals surface area contributed by atoms with Gasteiger partial charge in [0.25, 0.3) is 5.56 Å². The summed E-state index contributed by atoms with van der Waals surface area (Å²) in [4.78, 5) is 14.9. The molecule has 1 unspecified atom stereocenters. The molecule has 1 heterocycles. The van der Waals surface area contributed by atoms with E-state index in [0.29, 0.717) is 18.7 Å². The van der Waals surface area contributed by atoms with Gasteiger partial charge in [-0.05, 0) is 30.0 Å². The van der Waals surface area contributed by atoms with Crippen LogP contribution in [0.25, 0.3) is 10.9 Å². The Hall–Kier alpha value is -2.43. The standard InChI is InChI=1S/C19H20N2O2/c1-13-6-8-14(9-7-13)18(22)12-20-11-16-10-15-4-2-3-5-17(15)21-19(16)23/h2-10,18,20,22H,11-12H2,1H3,(H,21,23). The van der Waals surface area contributed by atoms with Gasteiger partial charge in [0, 0.05) is 24.2 Å². The zero-order valence-corrected chi connectivity index (χ0v) is 13.0. The number of aryl methyl sites for hydroxylation is 1. The monoisotopic (exact) mass is 308 g/mol. The molecule has 0 amide bonds. The maximum atomic E-state index is 12.1. The number of aromatic amines is 1. The molecule has 3 N–H and O–H groups in total. The van der Waals surface area contributed by atoms with E-state index in [2.05, 4.69) is 10.3 Å². The van der Waals surface area contributed by atoms with Crippen LogP contribution in [0.4, 0.5) is 0 Å². The summed E-state index contributed by atoms with van der Waals surface area (Å²) in [5, 5.41) is 14.3. The van der Waals surface area contributed by atoms with E-state index in [1.165, 1.54) is 0 Å². The summed E-state index contributed by atoms with van der Waals surface area (Å²) in [6.07, 6.45) is -0.588. The van der Waals surface area contributed by atoms with Crippen molar-refractivity contribution in [2.75, 3.05) is 6.54 Å². The average molecular weight is 308 g/mol. The number of hydrogen-bond donors (Lipinski definition) is 3. The number of rotatable bonds is 5. The summed E-state index contributed by atoms with van der Waals surface area (Å²) < 4.78 is 0. The minimum atomic E-state index is -0.588. The number of aliphatic hydroxyl groups is 1. The minimum absolute atomic E-state index is 0.0963. The normalized spacial score (nSPS) is 12.4. The van der Waals surface area contributed by atoms with Gasteiger partial charge in [0.1, 0.15) is 0 Å². The fourth-order valence-corrected chi connectivity index (χ4v) is 2.57. The second-order valence-electron chi connectivity index (χ2n) is 5.77. The van der Waals surface area contributed by atoms with E-state index in [-0.39, 0.29) is 5.56 Å². The van der Waals surface area contributed by atoms with Crippen molar-refractivity contribution in [1.82, 2.24) is 10.3 Å². The van der Waals surface area contributed by atoms with Gasteiger partial charge in [-0.25, -0.2) is 0 Å². The van der Waals surface area contributed by atoms with Crippen LogP contribution < -0.4 is 10.9 Å². The molecule has 0 spiro atoms. The first kappa shape index (κ1) is 15.5. The minimum Gasteiger partial charge on any atom is -0.387 e. The van der Waals surface area contributed by atoms with Gasteiger partial charge in [0.15, 0.2) is 0 Å². The molecule has 118 valence electrons. The molecule has 0 fully saturated rings. The molecular weight excluding hydrogens is 288 g/mol. The van der Waals surface area contributed by atoms with E-state index >= 15 is 0 Å². The average Bonchev–Trinajstić information content (AvgIpc) is 2.56. The highest BCUT2D eigenvalue weighted by atomic mass is 16.3. The summed E-state index contributed by atoms with van der Waals surface area (Å²) >= 11 is 0. The van der Waals surface area contributed by atoms with Gasteiger partial charge in [-0.3, -0.25) is 4.79 Å². The zero-order chi connectivity index (χ0) is 16.2. The van der Waals surface area contributed by atoms with E-state index in [9.17, 15) is 9.90 Å². The molecule has 23 heavy (non-hydrogen) atoms. The molecule has 0 saturated carbocycles. The van der Waals surface area contributed by atoms with Crippen LogP contribution in [0.1, 0.15) is 22.8 Å². The number of aliphatic hydroxyl groups excluding tert-OH is 1. The Balaban J connectivity index is 1.65. The van der Waals surface area contributed by atoms with Crippen molar-refractivity contribution in [3.05, 3.63) is 81.6 Å². The van der Waals surface area contributed by atoms with Crippen molar-refractivity contribution in [3.63, 3.8) is 0 Å². The SMILES string of the molecule is Cc1ccc(C(O)CNCc2cc3ccccc3[nH]c2=O)cc1. The van der Waals surface area contributed by atoms with Crippen LogP contribution in [0.2, 0.25) is 0 Å². The number of aromatic nitrogens is 1. The Morgan fingerprint density at radius 3 is 2.65 bits per heavy atom. The number of hydrogen-bond acceptors (Lipinski definition) is 3. The number of H-pyrrole nitrogens is 1. The largest absolute Gasteiger partial charge is 0.387 e. The quantitative estimate of drug-likeness (QED) is 0.679. The van der Waals surface area contributed by atoms with E-state index in [1.807, 2.05) is 61.5 Å². The van der Waals surface area contributed by atoms with E-state index in [1.54, 1.807) is 0 Å². The van der Waals surface area contributed by atoms with Gasteiger partial charge in [0.2, 0.25) is 0 Å². The summed E-state index contributed by atoms with van der Waals surface area (Å²) in [6.45, 7) is 2.83. The summed E-state index contributed by atoms with van der Waals surface area (Å²) in [7, 11) is 0. The first-order valence-electron chi connectivity index (χ1n) is 7.70. The number of benzene rings is 2. The van der Waals surface area contributed by atoms with Crippen molar-refractivity contribution in [3.8, 4) is 0 Å². The second-order valence-corrected chi connectivity index (χ2v) is 5.77. The molecule has 0 saturated heterocycles. The third-order valence-electron chi connectivity index (χ3n) is 3.95. The van der Waals surface area contributed by atoms with Crippen LogP contribution in [0.3, 0.4) is 0 Å². The van der Waals surface area contributed by atoms with Crippen LogP contribution in [-0.2, 0) is 6.54 Å². The number of para-hydroxylation sites is 1. The summed E-state index contributed by atoms with van der Waals surface area (Å²) in [5.41, 5.74) is 3.44. The molecule has 3 rings (SSSR count). The molecule has 0 bridgehead atoms. The van der Waals surface area contributed by atoms with Gasteiger partial charge < -0.3 is 15.4 Å². The molecule has 1 aromatic heterocycles. The Morgan fingerprint density at radius 2 is 1.87 bits per heavy atom. The van der Waals surface area contributed by atoms with Crippen LogP contribution in [0.5, 0.6) is 0 Å². The molecule has 4 heteroatoms. The molecule has 4 nitrogen and oxygen atoms in total. The zero-order valence-electron chi connectivity index (χ0n) is 13.0. The Kier molecular flexibility index (Phi) is 4.55.